The first-order valence-electron chi connectivity index (χ1n) is 10.5. The zero-order chi connectivity index (χ0) is 21.3. The molecule has 4 heteroatoms. The van der Waals surface area contributed by atoms with E-state index in [9.17, 15) is 4.79 Å². The summed E-state index contributed by atoms with van der Waals surface area (Å²) in [6.45, 7) is 9.28. The zero-order valence-corrected chi connectivity index (χ0v) is 18.4. The summed E-state index contributed by atoms with van der Waals surface area (Å²) in [4.78, 5) is 12.0. The van der Waals surface area contributed by atoms with Crippen LogP contribution >= 0.6 is 0 Å². The van der Waals surface area contributed by atoms with Gasteiger partial charge in [0.15, 0.2) is 0 Å². The molecular formula is C25H34O4. The molecule has 0 bridgehead atoms. The van der Waals surface area contributed by atoms with Crippen molar-refractivity contribution < 1.29 is 19.0 Å². The van der Waals surface area contributed by atoms with E-state index in [0.29, 0.717) is 13.2 Å². The summed E-state index contributed by atoms with van der Waals surface area (Å²) in [6.07, 6.45) is 12.1. The van der Waals surface area contributed by atoms with Crippen molar-refractivity contribution >= 4 is 11.5 Å². The molecule has 158 valence electrons. The molecule has 0 spiro atoms. The number of hydrogen-bond acceptors (Lipinski definition) is 4. The molecule has 4 nitrogen and oxygen atoms in total. The predicted molar refractivity (Wildman–Crippen MR) is 118 cm³/mol. The number of rotatable bonds is 9. The normalized spacial score (nSPS) is 15.9. The van der Waals surface area contributed by atoms with Crippen LogP contribution in [0.15, 0.2) is 48.1 Å². The molecule has 0 fully saturated rings. The van der Waals surface area contributed by atoms with Gasteiger partial charge in [0.05, 0.1) is 20.3 Å². The Labute approximate surface area is 175 Å². The first-order valence-corrected chi connectivity index (χ1v) is 10.5. The van der Waals surface area contributed by atoms with Gasteiger partial charge in [-0.25, -0.2) is 4.79 Å². The summed E-state index contributed by atoms with van der Waals surface area (Å²) in [5.74, 6) is 1.34. The van der Waals surface area contributed by atoms with Gasteiger partial charge in [0.2, 0.25) is 0 Å². The van der Waals surface area contributed by atoms with E-state index in [1.165, 1.54) is 0 Å². The van der Waals surface area contributed by atoms with Gasteiger partial charge in [-0.1, -0.05) is 51.8 Å². The summed E-state index contributed by atoms with van der Waals surface area (Å²) < 4.78 is 16.6. The molecular weight excluding hydrogens is 364 g/mol. The summed E-state index contributed by atoms with van der Waals surface area (Å²) >= 11 is 0. The number of methoxy groups -OCH3 is 1. The third kappa shape index (κ3) is 7.12. The molecule has 0 saturated heterocycles. The Morgan fingerprint density at radius 2 is 2.03 bits per heavy atom. The summed E-state index contributed by atoms with van der Waals surface area (Å²) in [7, 11) is 1.66. The number of hydrogen-bond donors (Lipinski definition) is 0. The van der Waals surface area contributed by atoms with Crippen LogP contribution in [0.4, 0.5) is 0 Å². The van der Waals surface area contributed by atoms with Crippen molar-refractivity contribution in [3.05, 3.63) is 53.6 Å². The maximum Gasteiger partial charge on any atom is 0.331 e. The first-order chi connectivity index (χ1) is 13.9. The van der Waals surface area contributed by atoms with E-state index in [0.717, 1.165) is 53.9 Å². The Kier molecular flexibility index (Phi) is 8.56. The minimum absolute atomic E-state index is 0.112. The van der Waals surface area contributed by atoms with Gasteiger partial charge < -0.3 is 14.2 Å². The Morgan fingerprint density at radius 3 is 2.72 bits per heavy atom. The predicted octanol–water partition coefficient (Wildman–Crippen LogP) is 6.12. The number of allylic oxidation sites excluding steroid dienone is 4. The van der Waals surface area contributed by atoms with Crippen molar-refractivity contribution in [3.63, 3.8) is 0 Å². The van der Waals surface area contributed by atoms with Crippen molar-refractivity contribution in [2.45, 2.75) is 53.4 Å². The highest BCUT2D eigenvalue weighted by Gasteiger charge is 2.23. The van der Waals surface area contributed by atoms with Crippen LogP contribution in [0.5, 0.6) is 11.5 Å². The monoisotopic (exact) mass is 398 g/mol. The summed E-state index contributed by atoms with van der Waals surface area (Å²) in [5, 5.41) is 0. The molecule has 1 aromatic carbocycles. The molecule has 0 aliphatic carbocycles. The van der Waals surface area contributed by atoms with Crippen LogP contribution < -0.4 is 9.47 Å². The molecule has 0 saturated carbocycles. The van der Waals surface area contributed by atoms with Gasteiger partial charge in [-0.3, -0.25) is 0 Å². The minimum atomic E-state index is -0.288. The fraction of sp³-hybridized carbons (Fsp3) is 0.480. The van der Waals surface area contributed by atoms with Crippen LogP contribution in [-0.2, 0) is 9.53 Å². The van der Waals surface area contributed by atoms with Gasteiger partial charge in [0, 0.05) is 17.1 Å². The molecule has 2 rings (SSSR count). The Balaban J connectivity index is 2.38. The van der Waals surface area contributed by atoms with E-state index in [1.54, 1.807) is 13.2 Å². The molecule has 29 heavy (non-hydrogen) atoms. The second kappa shape index (κ2) is 10.9. The third-order valence-electron chi connectivity index (χ3n) is 4.78. The topological polar surface area (TPSA) is 44.8 Å². The van der Waals surface area contributed by atoms with Gasteiger partial charge >= 0.3 is 5.97 Å². The molecule has 1 aromatic rings. The lowest BCUT2D eigenvalue weighted by molar-refractivity contribution is -0.137. The second-order valence-electron chi connectivity index (χ2n) is 8.00. The summed E-state index contributed by atoms with van der Waals surface area (Å²) in [6, 6.07) is 5.86. The third-order valence-corrected chi connectivity index (χ3v) is 4.78. The number of ether oxygens (including phenoxy) is 3. The highest BCUT2D eigenvalue weighted by Crippen LogP contribution is 2.38. The maximum absolute atomic E-state index is 12.0. The number of unbranched alkanes of at least 4 members (excludes halogenated alkanes) is 2. The average Bonchev–Trinajstić information content (AvgIpc) is 2.81. The van der Waals surface area contributed by atoms with E-state index < -0.39 is 0 Å². The maximum atomic E-state index is 12.0. The molecule has 0 amide bonds. The van der Waals surface area contributed by atoms with Gasteiger partial charge in [-0.05, 0) is 49.1 Å². The quantitative estimate of drug-likeness (QED) is 0.217. The fourth-order valence-electron chi connectivity index (χ4n) is 3.24. The van der Waals surface area contributed by atoms with Crippen LogP contribution in [0.2, 0.25) is 0 Å². The van der Waals surface area contributed by atoms with E-state index in [-0.39, 0.29) is 11.4 Å². The van der Waals surface area contributed by atoms with E-state index in [2.05, 4.69) is 32.9 Å². The Bertz CT molecular complexity index is 784. The second-order valence-corrected chi connectivity index (χ2v) is 8.00. The average molecular weight is 399 g/mol. The van der Waals surface area contributed by atoms with Crippen molar-refractivity contribution in [1.82, 2.24) is 0 Å². The van der Waals surface area contributed by atoms with E-state index in [4.69, 9.17) is 14.2 Å². The highest BCUT2D eigenvalue weighted by atomic mass is 16.5. The number of carbonyl (C=O) groups is 1. The lowest BCUT2D eigenvalue weighted by Gasteiger charge is -2.18. The van der Waals surface area contributed by atoms with E-state index >= 15 is 0 Å². The summed E-state index contributed by atoms with van der Waals surface area (Å²) in [5.41, 5.74) is 2.92. The molecule has 1 heterocycles. The van der Waals surface area contributed by atoms with Gasteiger partial charge in [-0.2, -0.15) is 0 Å². The fourth-order valence-corrected chi connectivity index (χ4v) is 3.24. The molecule has 0 N–H and O–H groups in total. The minimum Gasteiger partial charge on any atom is -0.497 e. The van der Waals surface area contributed by atoms with Gasteiger partial charge in [0.25, 0.3) is 0 Å². The number of carbonyl (C=O) groups excluding carboxylic acids is 1. The zero-order valence-electron chi connectivity index (χ0n) is 18.4. The molecule has 1 aliphatic rings. The molecule has 0 unspecified atom stereocenters. The number of benzene rings is 1. The van der Waals surface area contributed by atoms with E-state index in [1.807, 2.05) is 31.2 Å². The lowest BCUT2D eigenvalue weighted by Crippen LogP contribution is -2.17. The highest BCUT2D eigenvalue weighted by molar-refractivity contribution is 5.84. The Morgan fingerprint density at radius 1 is 1.24 bits per heavy atom. The van der Waals surface area contributed by atoms with Crippen molar-refractivity contribution in [2.75, 3.05) is 20.3 Å². The smallest absolute Gasteiger partial charge is 0.331 e. The van der Waals surface area contributed by atoms with Crippen LogP contribution in [0.1, 0.15) is 58.9 Å². The van der Waals surface area contributed by atoms with Gasteiger partial charge in [0.1, 0.15) is 11.5 Å². The van der Waals surface area contributed by atoms with Crippen molar-refractivity contribution in [3.8, 4) is 11.5 Å². The number of esters is 1. The molecule has 0 radical (unpaired) electrons. The van der Waals surface area contributed by atoms with Crippen molar-refractivity contribution in [2.24, 2.45) is 5.41 Å². The van der Waals surface area contributed by atoms with Crippen LogP contribution in [0.25, 0.3) is 5.57 Å². The lowest BCUT2D eigenvalue weighted by atomic mass is 9.90. The molecule has 0 atom stereocenters. The first kappa shape index (κ1) is 22.8. The van der Waals surface area contributed by atoms with Crippen molar-refractivity contribution in [1.29, 1.82) is 0 Å². The standard InChI is InChI=1S/C25H34O4/c1-6-8-9-10-19(15-24(26)28-7-2)11-12-20-17-25(3,4)18-29-23-14-13-21(27-5)16-22(20)23/h11-17H,6-10,18H2,1-5H3. The van der Waals surface area contributed by atoms with Crippen LogP contribution in [0.3, 0.4) is 0 Å². The Hall–Kier alpha value is -2.49. The molecule has 1 aliphatic heterocycles. The number of fused-ring (bicyclic) bond motifs is 1. The van der Waals surface area contributed by atoms with Crippen LogP contribution in [-0.4, -0.2) is 26.3 Å². The van der Waals surface area contributed by atoms with Gasteiger partial charge in [-0.15, -0.1) is 0 Å². The largest absolute Gasteiger partial charge is 0.497 e. The molecule has 0 aromatic heterocycles. The van der Waals surface area contributed by atoms with Crippen LogP contribution in [0, 0.1) is 5.41 Å². The SMILES string of the molecule is CCCCCC(C=CC1=CC(C)(C)COc2ccc(OC)cc21)=CC(=O)OCC.